The molecule has 3 heterocycles. The Bertz CT molecular complexity index is 1050. The minimum absolute atomic E-state index is 0.0209. The Hall–Kier alpha value is -2.74. The fraction of sp³-hybridized carbons (Fsp3) is 0.318. The molecule has 0 N–H and O–H groups in total. The van der Waals surface area contributed by atoms with Gasteiger partial charge in [0.1, 0.15) is 4.88 Å². The first-order valence-electron chi connectivity index (χ1n) is 9.66. The molecule has 8 heteroatoms. The van der Waals surface area contributed by atoms with Crippen molar-refractivity contribution in [3.63, 3.8) is 0 Å². The van der Waals surface area contributed by atoms with Gasteiger partial charge >= 0.3 is 6.18 Å². The number of rotatable bonds is 4. The molecule has 1 aliphatic rings. The minimum Gasteiger partial charge on any atom is -0.329 e. The second-order valence-corrected chi connectivity index (χ2v) is 8.20. The molecule has 2 aromatic heterocycles. The Morgan fingerprint density at radius 3 is 2.63 bits per heavy atom. The van der Waals surface area contributed by atoms with Crippen LogP contribution in [-0.2, 0) is 12.6 Å². The van der Waals surface area contributed by atoms with E-state index in [0.717, 1.165) is 47.6 Å². The number of aromatic nitrogens is 2. The van der Waals surface area contributed by atoms with Gasteiger partial charge in [-0.05, 0) is 49.6 Å². The van der Waals surface area contributed by atoms with Crippen LogP contribution in [0.4, 0.5) is 13.2 Å². The fourth-order valence-corrected chi connectivity index (χ4v) is 4.52. The van der Waals surface area contributed by atoms with Crippen molar-refractivity contribution in [2.24, 2.45) is 0 Å². The average Bonchev–Trinajstić information content (AvgIpc) is 3.36. The number of benzene rings is 1. The first-order chi connectivity index (χ1) is 14.3. The molecule has 0 bridgehead atoms. The van der Waals surface area contributed by atoms with Gasteiger partial charge in [-0.3, -0.25) is 9.78 Å². The number of amides is 1. The number of aryl methyl sites for hydroxylation is 1. The van der Waals surface area contributed by atoms with Gasteiger partial charge < -0.3 is 4.90 Å². The first kappa shape index (κ1) is 20.5. The van der Waals surface area contributed by atoms with Gasteiger partial charge in [0.15, 0.2) is 0 Å². The van der Waals surface area contributed by atoms with Gasteiger partial charge in [0.25, 0.3) is 5.91 Å². The second kappa shape index (κ2) is 8.18. The summed E-state index contributed by atoms with van der Waals surface area (Å²) in [5.74, 6) is -0.0209. The molecule has 1 aromatic carbocycles. The van der Waals surface area contributed by atoms with E-state index in [1.807, 2.05) is 30.0 Å². The van der Waals surface area contributed by atoms with E-state index in [0.29, 0.717) is 17.8 Å². The van der Waals surface area contributed by atoms with Gasteiger partial charge in [-0.2, -0.15) is 13.2 Å². The molecular formula is C22H20F3N3OS. The van der Waals surface area contributed by atoms with Crippen molar-refractivity contribution >= 4 is 17.2 Å². The highest BCUT2D eigenvalue weighted by Crippen LogP contribution is 2.34. The molecule has 1 amide bonds. The third kappa shape index (κ3) is 4.23. The van der Waals surface area contributed by atoms with E-state index in [4.69, 9.17) is 4.98 Å². The van der Waals surface area contributed by atoms with Crippen molar-refractivity contribution in [3.8, 4) is 0 Å². The first-order valence-corrected chi connectivity index (χ1v) is 10.5. The van der Waals surface area contributed by atoms with Crippen LogP contribution in [0.1, 0.15) is 56.8 Å². The lowest BCUT2D eigenvalue weighted by molar-refractivity contribution is -0.137. The Morgan fingerprint density at radius 2 is 1.97 bits per heavy atom. The molecule has 1 atom stereocenters. The van der Waals surface area contributed by atoms with Crippen molar-refractivity contribution in [1.29, 1.82) is 0 Å². The van der Waals surface area contributed by atoms with Crippen molar-refractivity contribution < 1.29 is 18.0 Å². The van der Waals surface area contributed by atoms with Gasteiger partial charge in [0, 0.05) is 18.7 Å². The van der Waals surface area contributed by atoms with Crippen molar-refractivity contribution in [1.82, 2.24) is 14.9 Å². The molecule has 4 nitrogen and oxygen atoms in total. The van der Waals surface area contributed by atoms with Gasteiger partial charge in [0.05, 0.1) is 28.5 Å². The lowest BCUT2D eigenvalue weighted by Gasteiger charge is -2.24. The quantitative estimate of drug-likeness (QED) is 0.553. The van der Waals surface area contributed by atoms with Gasteiger partial charge in [-0.1, -0.05) is 18.2 Å². The maximum Gasteiger partial charge on any atom is 0.416 e. The van der Waals surface area contributed by atoms with E-state index in [1.165, 1.54) is 23.5 Å². The van der Waals surface area contributed by atoms with Crippen LogP contribution in [-0.4, -0.2) is 27.3 Å². The molecular weight excluding hydrogens is 411 g/mol. The molecule has 1 aliphatic heterocycles. The summed E-state index contributed by atoms with van der Waals surface area (Å²) in [6.07, 6.45) is -2.18. The highest BCUT2D eigenvalue weighted by molar-refractivity contribution is 7.11. The molecule has 0 radical (unpaired) electrons. The summed E-state index contributed by atoms with van der Waals surface area (Å²) >= 11 is 1.35. The molecule has 3 aromatic rings. The van der Waals surface area contributed by atoms with Gasteiger partial charge in [-0.15, -0.1) is 11.3 Å². The summed E-state index contributed by atoms with van der Waals surface area (Å²) in [4.78, 5) is 24.4. The van der Waals surface area contributed by atoms with Crippen LogP contribution in [0.3, 0.4) is 0 Å². The van der Waals surface area contributed by atoms with Crippen LogP contribution in [0.25, 0.3) is 0 Å². The number of nitrogens with zero attached hydrogens (tertiary/aromatic N) is 3. The lowest BCUT2D eigenvalue weighted by Crippen LogP contribution is -2.31. The average molecular weight is 431 g/mol. The number of hydrogen-bond donors (Lipinski definition) is 0. The monoisotopic (exact) mass is 431 g/mol. The van der Waals surface area contributed by atoms with Gasteiger partial charge in [-0.25, -0.2) is 4.98 Å². The predicted octanol–water partition coefficient (Wildman–Crippen LogP) is 5.43. The van der Waals surface area contributed by atoms with Crippen molar-refractivity contribution in [2.45, 2.75) is 38.4 Å². The minimum atomic E-state index is -4.34. The van der Waals surface area contributed by atoms with E-state index in [-0.39, 0.29) is 11.9 Å². The standard InChI is InChI=1S/C22H20F3N3OS/c1-14-20(30-13-26-14)21(29)28-11-3-6-19(28)18-5-2-4-17(27-18)12-15-7-9-16(10-8-15)22(23,24)25/h2,4-5,7-10,13,19H,3,6,11-12H2,1H3. The molecule has 30 heavy (non-hydrogen) atoms. The van der Waals surface area contributed by atoms with Crippen LogP contribution >= 0.6 is 11.3 Å². The van der Waals surface area contributed by atoms with Crippen LogP contribution in [0.2, 0.25) is 0 Å². The zero-order valence-corrected chi connectivity index (χ0v) is 17.1. The van der Waals surface area contributed by atoms with E-state index in [9.17, 15) is 18.0 Å². The molecule has 0 saturated carbocycles. The topological polar surface area (TPSA) is 46.1 Å². The summed E-state index contributed by atoms with van der Waals surface area (Å²) < 4.78 is 38.3. The number of alkyl halides is 3. The number of thiazole rings is 1. The van der Waals surface area contributed by atoms with Crippen LogP contribution in [0, 0.1) is 6.92 Å². The zero-order chi connectivity index (χ0) is 21.3. The summed E-state index contributed by atoms with van der Waals surface area (Å²) in [6, 6.07) is 10.7. The number of carbonyl (C=O) groups is 1. The highest BCUT2D eigenvalue weighted by Gasteiger charge is 2.33. The third-order valence-electron chi connectivity index (χ3n) is 5.29. The molecule has 1 saturated heterocycles. The van der Waals surface area contributed by atoms with E-state index in [1.54, 1.807) is 5.51 Å². The van der Waals surface area contributed by atoms with Crippen molar-refractivity contribution in [2.75, 3.05) is 6.54 Å². The zero-order valence-electron chi connectivity index (χ0n) is 16.3. The normalized spacial score (nSPS) is 16.8. The molecule has 4 rings (SSSR count). The summed E-state index contributed by atoms with van der Waals surface area (Å²) in [5.41, 5.74) is 4.09. The van der Waals surface area contributed by atoms with Crippen LogP contribution in [0.15, 0.2) is 48.0 Å². The second-order valence-electron chi connectivity index (χ2n) is 7.35. The van der Waals surface area contributed by atoms with E-state index in [2.05, 4.69) is 4.98 Å². The SMILES string of the molecule is Cc1ncsc1C(=O)N1CCCC1c1cccc(Cc2ccc(C(F)(F)F)cc2)n1. The number of pyridine rings is 1. The lowest BCUT2D eigenvalue weighted by atomic mass is 10.1. The smallest absolute Gasteiger partial charge is 0.329 e. The number of likely N-dealkylation sites (tertiary alicyclic amines) is 1. The highest BCUT2D eigenvalue weighted by atomic mass is 32.1. The van der Waals surface area contributed by atoms with E-state index >= 15 is 0 Å². The van der Waals surface area contributed by atoms with E-state index < -0.39 is 11.7 Å². The maximum absolute atomic E-state index is 13.0. The number of halogens is 3. The Kier molecular flexibility index (Phi) is 5.60. The molecule has 0 spiro atoms. The van der Waals surface area contributed by atoms with Crippen molar-refractivity contribution in [3.05, 3.63) is 81.1 Å². The largest absolute Gasteiger partial charge is 0.416 e. The Labute approximate surface area is 176 Å². The Morgan fingerprint density at radius 1 is 1.20 bits per heavy atom. The van der Waals surface area contributed by atoms with Gasteiger partial charge in [0.2, 0.25) is 0 Å². The molecule has 1 fully saturated rings. The number of hydrogen-bond acceptors (Lipinski definition) is 4. The predicted molar refractivity (Wildman–Crippen MR) is 108 cm³/mol. The summed E-state index contributed by atoms with van der Waals surface area (Å²) in [7, 11) is 0. The molecule has 156 valence electrons. The summed E-state index contributed by atoms with van der Waals surface area (Å²) in [6.45, 7) is 2.50. The number of carbonyl (C=O) groups excluding carboxylic acids is 1. The molecule has 1 unspecified atom stereocenters. The summed E-state index contributed by atoms with van der Waals surface area (Å²) in [5, 5.41) is 0. The van der Waals surface area contributed by atoms with Crippen LogP contribution in [0.5, 0.6) is 0 Å². The maximum atomic E-state index is 13.0. The third-order valence-corrected chi connectivity index (χ3v) is 6.21. The molecule has 0 aliphatic carbocycles. The fourth-order valence-electron chi connectivity index (χ4n) is 3.76. The van der Waals surface area contributed by atoms with Crippen LogP contribution < -0.4 is 0 Å². The Balaban J connectivity index is 1.53.